The second-order valence-electron chi connectivity index (χ2n) is 32.5. The summed E-state index contributed by atoms with van der Waals surface area (Å²) in [7, 11) is 0. The van der Waals surface area contributed by atoms with Gasteiger partial charge in [0.15, 0.2) is 12.2 Å². The van der Waals surface area contributed by atoms with Gasteiger partial charge in [-0.1, -0.05) is 412 Å². The van der Waals surface area contributed by atoms with Crippen LogP contribution >= 0.6 is 0 Å². The Bertz CT molecular complexity index is 1930. The summed E-state index contributed by atoms with van der Waals surface area (Å²) in [5.74, 6) is -1.90. The molecule has 0 radical (unpaired) electrons. The molecule has 0 amide bonds. The van der Waals surface area contributed by atoms with E-state index >= 15 is 0 Å². The van der Waals surface area contributed by atoms with Crippen molar-refractivity contribution in [3.63, 3.8) is 0 Å². The van der Waals surface area contributed by atoms with E-state index < -0.39 is 12.2 Å². The molecule has 0 aliphatic rings. The fourth-order valence-electron chi connectivity index (χ4n) is 14.4. The van der Waals surface area contributed by atoms with Crippen LogP contribution in [0.1, 0.15) is 516 Å². The molecule has 0 saturated carbocycles. The first kappa shape index (κ1) is 104. The van der Waals surface area contributed by atoms with Crippen molar-refractivity contribution < 1.29 is 57.2 Å². The fraction of sp³-hybridized carbons (Fsp3) is 0.896. The smallest absolute Gasteiger partial charge is 0.306 e. The van der Waals surface area contributed by atoms with Gasteiger partial charge in [0.05, 0.1) is 0 Å². The van der Waals surface area contributed by atoms with E-state index in [0.29, 0.717) is 38.5 Å². The topological polar surface area (TPSA) is 158 Å². The van der Waals surface area contributed by atoms with E-state index in [-0.39, 0.29) is 75.1 Å². The molecule has 1 unspecified atom stereocenters. The number of unbranched alkanes of at least 4 members (excludes halogenated alkanes) is 63. The molecular weight excluding hydrogens is 1350 g/mol. The van der Waals surface area contributed by atoms with E-state index in [1.807, 2.05) is 0 Å². The standard InChI is InChI=1S/C96H178O12/c1-5-9-13-17-21-25-29-33-37-43-49-55-61-67-73-79-91(97)103-85-89(86-104-92(98)80-74-68-62-56-50-44-38-34-30-26-22-18-14-10-6-2)107-95(101)83-77-71-65-59-53-47-41-42-48-54-60-66-72-78-84-96(102)108-90(87-105-93(99)81-75-69-63-57-51-45-39-35-31-27-23-19-15-11-7-3)88-106-94(100)82-76-70-64-58-52-46-40-36-32-28-24-20-16-12-8-4/h33,37,41-42,89-90H,5-32,34-36,38-40,43-88H2,1-4H3/b37-33-,42-41+. The molecule has 0 aromatic carbocycles. The highest BCUT2D eigenvalue weighted by Gasteiger charge is 2.22. The van der Waals surface area contributed by atoms with Crippen molar-refractivity contribution in [2.24, 2.45) is 0 Å². The zero-order valence-electron chi connectivity index (χ0n) is 71.9. The number of allylic oxidation sites excluding steroid dienone is 4. The van der Waals surface area contributed by atoms with Gasteiger partial charge in [-0.25, -0.2) is 0 Å². The Labute approximate surface area is 668 Å². The van der Waals surface area contributed by atoms with Crippen LogP contribution in [0.4, 0.5) is 0 Å². The lowest BCUT2D eigenvalue weighted by Gasteiger charge is -2.18. The van der Waals surface area contributed by atoms with Crippen molar-refractivity contribution in [1.82, 2.24) is 0 Å². The molecule has 108 heavy (non-hydrogen) atoms. The molecule has 0 saturated heterocycles. The lowest BCUT2D eigenvalue weighted by Crippen LogP contribution is -2.30. The maximum absolute atomic E-state index is 13.1. The van der Waals surface area contributed by atoms with Crippen molar-refractivity contribution in [3.8, 4) is 0 Å². The third-order valence-electron chi connectivity index (χ3n) is 21.6. The Balaban J connectivity index is 4.72. The number of carbonyl (C=O) groups is 6. The highest BCUT2D eigenvalue weighted by Crippen LogP contribution is 2.21. The monoisotopic (exact) mass is 1520 g/mol. The van der Waals surface area contributed by atoms with Gasteiger partial charge in [-0.2, -0.15) is 0 Å². The Hall–Kier alpha value is -3.70. The third kappa shape index (κ3) is 84.7. The number of ether oxygens (including phenoxy) is 6. The molecule has 0 fully saturated rings. The minimum absolute atomic E-state index is 0.105. The van der Waals surface area contributed by atoms with Crippen molar-refractivity contribution in [3.05, 3.63) is 24.3 Å². The summed E-state index contributed by atoms with van der Waals surface area (Å²) >= 11 is 0. The van der Waals surface area contributed by atoms with E-state index in [9.17, 15) is 28.8 Å². The largest absolute Gasteiger partial charge is 0.462 e. The molecule has 0 rings (SSSR count). The second kappa shape index (κ2) is 88.9. The van der Waals surface area contributed by atoms with Crippen LogP contribution in [0.3, 0.4) is 0 Å². The maximum Gasteiger partial charge on any atom is 0.306 e. The van der Waals surface area contributed by atoms with E-state index in [0.717, 1.165) is 154 Å². The predicted molar refractivity (Wildman–Crippen MR) is 455 cm³/mol. The summed E-state index contributed by atoms with van der Waals surface area (Å²) in [5.41, 5.74) is 0. The fourth-order valence-corrected chi connectivity index (χ4v) is 14.4. The molecule has 0 aromatic rings. The first-order chi connectivity index (χ1) is 53.1. The van der Waals surface area contributed by atoms with Gasteiger partial charge in [-0.05, 0) is 89.9 Å². The molecule has 0 heterocycles. The highest BCUT2D eigenvalue weighted by molar-refractivity contribution is 5.72. The average Bonchev–Trinajstić information content (AvgIpc) is 0.954. The molecule has 0 aliphatic heterocycles. The van der Waals surface area contributed by atoms with E-state index in [4.69, 9.17) is 28.4 Å². The molecule has 1 atom stereocenters. The number of hydrogen-bond donors (Lipinski definition) is 0. The van der Waals surface area contributed by atoms with Crippen molar-refractivity contribution in [2.45, 2.75) is 528 Å². The minimum atomic E-state index is -0.823. The molecule has 0 N–H and O–H groups in total. The molecular formula is C96H178O12. The molecule has 0 spiro atoms. The van der Waals surface area contributed by atoms with Crippen LogP contribution in [0.2, 0.25) is 0 Å². The van der Waals surface area contributed by atoms with E-state index in [1.54, 1.807) is 0 Å². The number of esters is 6. The summed E-state index contributed by atoms with van der Waals surface area (Å²) in [5, 5.41) is 0. The zero-order valence-corrected chi connectivity index (χ0v) is 71.9. The van der Waals surface area contributed by atoms with Gasteiger partial charge in [0.1, 0.15) is 26.4 Å². The molecule has 12 nitrogen and oxygen atoms in total. The van der Waals surface area contributed by atoms with Gasteiger partial charge in [0.2, 0.25) is 0 Å². The summed E-state index contributed by atoms with van der Waals surface area (Å²) < 4.78 is 34.1. The first-order valence-electron chi connectivity index (χ1n) is 47.5. The van der Waals surface area contributed by atoms with Crippen LogP contribution in [0.5, 0.6) is 0 Å². The van der Waals surface area contributed by atoms with Crippen LogP contribution in [-0.4, -0.2) is 74.5 Å². The van der Waals surface area contributed by atoms with Crippen LogP contribution < -0.4 is 0 Å². The summed E-state index contributed by atoms with van der Waals surface area (Å²) in [6.07, 6.45) is 93.5. The SMILES string of the molecule is CCCCCCCC/C=C\CCCCCCCC(=O)OCC(COC(=O)CCCCCCCCCCCCCCCCC)OC(=O)CCCCCCC/C=C/CCCCCCCC(=O)OC(COC(=O)CCCCCCCCCCCCCCCCC)COC(=O)CCCCCCCCCCCCCCCCC. The van der Waals surface area contributed by atoms with E-state index in [2.05, 4.69) is 52.0 Å². The highest BCUT2D eigenvalue weighted by atomic mass is 16.6. The lowest BCUT2D eigenvalue weighted by molar-refractivity contribution is -0.167. The van der Waals surface area contributed by atoms with Gasteiger partial charge in [-0.3, -0.25) is 28.8 Å². The second-order valence-corrected chi connectivity index (χ2v) is 32.5. The summed E-state index contributed by atoms with van der Waals surface area (Å²) in [4.78, 5) is 77.4. The molecule has 12 heteroatoms. The quantitative estimate of drug-likeness (QED) is 0.0246. The molecule has 0 aromatic heterocycles. The Morgan fingerprint density at radius 1 is 0.176 bits per heavy atom. The third-order valence-corrected chi connectivity index (χ3v) is 21.6. The van der Waals surface area contributed by atoms with Crippen molar-refractivity contribution in [2.75, 3.05) is 26.4 Å². The van der Waals surface area contributed by atoms with Gasteiger partial charge in [0.25, 0.3) is 0 Å². The number of hydrogen-bond acceptors (Lipinski definition) is 12. The lowest BCUT2D eigenvalue weighted by atomic mass is 10.0. The van der Waals surface area contributed by atoms with Crippen molar-refractivity contribution in [1.29, 1.82) is 0 Å². The van der Waals surface area contributed by atoms with Crippen LogP contribution in [0.15, 0.2) is 24.3 Å². The maximum atomic E-state index is 13.1. The van der Waals surface area contributed by atoms with Crippen LogP contribution in [-0.2, 0) is 57.2 Å². The average molecular weight is 1520 g/mol. The first-order valence-corrected chi connectivity index (χ1v) is 47.5. The number of carbonyl (C=O) groups excluding carboxylic acids is 6. The van der Waals surface area contributed by atoms with E-state index in [1.165, 1.54) is 283 Å². The zero-order chi connectivity index (χ0) is 78.3. The minimum Gasteiger partial charge on any atom is -0.462 e. The van der Waals surface area contributed by atoms with Gasteiger partial charge in [0, 0.05) is 38.5 Å². The predicted octanol–water partition coefficient (Wildman–Crippen LogP) is 29.8. The van der Waals surface area contributed by atoms with Gasteiger partial charge < -0.3 is 28.4 Å². The summed E-state index contributed by atoms with van der Waals surface area (Å²) in [6, 6.07) is 0. The normalized spacial score (nSPS) is 11.9. The van der Waals surface area contributed by atoms with Gasteiger partial charge >= 0.3 is 35.8 Å². The van der Waals surface area contributed by atoms with Crippen molar-refractivity contribution >= 4 is 35.8 Å². The Morgan fingerprint density at radius 2 is 0.306 bits per heavy atom. The summed E-state index contributed by atoms with van der Waals surface area (Å²) in [6.45, 7) is 8.64. The van der Waals surface area contributed by atoms with Gasteiger partial charge in [-0.15, -0.1) is 0 Å². The number of rotatable bonds is 89. The Kier molecular flexibility index (Phi) is 85.8. The Morgan fingerprint density at radius 3 is 0.463 bits per heavy atom. The van der Waals surface area contributed by atoms with Crippen LogP contribution in [0, 0.1) is 0 Å². The van der Waals surface area contributed by atoms with Crippen LogP contribution in [0.25, 0.3) is 0 Å². The molecule has 634 valence electrons. The molecule has 0 aliphatic carbocycles. The molecule has 0 bridgehead atoms.